The Balaban J connectivity index is 1.96. The first-order valence-electron chi connectivity index (χ1n) is 4.97. The van der Waals surface area contributed by atoms with E-state index in [1.54, 1.807) is 0 Å². The molecule has 0 aliphatic carbocycles. The van der Waals surface area contributed by atoms with E-state index < -0.39 is 6.10 Å². The Morgan fingerprint density at radius 1 is 1.29 bits per heavy atom. The summed E-state index contributed by atoms with van der Waals surface area (Å²) in [6.45, 7) is 1.53. The lowest BCUT2D eigenvalue weighted by atomic mass is 10.1. The molecule has 1 saturated heterocycles. The van der Waals surface area contributed by atoms with Gasteiger partial charge in [-0.25, -0.2) is 0 Å². The van der Waals surface area contributed by atoms with Crippen LogP contribution in [-0.2, 0) is 0 Å². The standard InChI is InChI=1S/C11H15NO2/c13-10-8-12-7-6-11(10)14-9-4-2-1-3-5-9/h1-5,10-13H,6-8H2/t10?,11-/m0/s1. The maximum Gasteiger partial charge on any atom is 0.127 e. The van der Waals surface area contributed by atoms with Crippen molar-refractivity contribution in [2.24, 2.45) is 0 Å². The maximum atomic E-state index is 9.64. The van der Waals surface area contributed by atoms with Crippen LogP contribution in [0, 0.1) is 0 Å². The minimum absolute atomic E-state index is 0.0707. The molecule has 0 radical (unpaired) electrons. The first-order chi connectivity index (χ1) is 6.86. The molecular formula is C11H15NO2. The number of hydrogen-bond donors (Lipinski definition) is 2. The van der Waals surface area contributed by atoms with E-state index in [-0.39, 0.29) is 6.10 Å². The van der Waals surface area contributed by atoms with Crippen molar-refractivity contribution in [2.45, 2.75) is 18.6 Å². The molecule has 1 aliphatic rings. The lowest BCUT2D eigenvalue weighted by molar-refractivity contribution is 0.0163. The molecule has 1 fully saturated rings. The monoisotopic (exact) mass is 193 g/mol. The van der Waals surface area contributed by atoms with E-state index in [2.05, 4.69) is 5.32 Å². The average molecular weight is 193 g/mol. The molecule has 1 aliphatic heterocycles. The third kappa shape index (κ3) is 2.25. The average Bonchev–Trinajstić information content (AvgIpc) is 2.23. The molecule has 76 valence electrons. The van der Waals surface area contributed by atoms with Gasteiger partial charge in [-0.3, -0.25) is 0 Å². The minimum Gasteiger partial charge on any atom is -0.488 e. The number of hydrogen-bond acceptors (Lipinski definition) is 3. The van der Waals surface area contributed by atoms with Crippen molar-refractivity contribution in [3.05, 3.63) is 30.3 Å². The van der Waals surface area contributed by atoms with Crippen LogP contribution in [0.15, 0.2) is 30.3 Å². The Morgan fingerprint density at radius 2 is 2.07 bits per heavy atom. The van der Waals surface area contributed by atoms with Crippen LogP contribution in [0.1, 0.15) is 6.42 Å². The van der Waals surface area contributed by atoms with Gasteiger partial charge in [-0.05, 0) is 25.1 Å². The summed E-state index contributed by atoms with van der Waals surface area (Å²) in [5.74, 6) is 0.832. The van der Waals surface area contributed by atoms with E-state index in [1.165, 1.54) is 0 Å². The Morgan fingerprint density at radius 3 is 2.79 bits per heavy atom. The summed E-state index contributed by atoms with van der Waals surface area (Å²) >= 11 is 0. The van der Waals surface area contributed by atoms with Gasteiger partial charge in [0.15, 0.2) is 0 Å². The van der Waals surface area contributed by atoms with Gasteiger partial charge in [-0.15, -0.1) is 0 Å². The Hall–Kier alpha value is -1.06. The quantitative estimate of drug-likeness (QED) is 0.729. The zero-order chi connectivity index (χ0) is 9.80. The molecule has 1 aromatic rings. The number of aliphatic hydroxyl groups is 1. The number of piperidine rings is 1. The topological polar surface area (TPSA) is 41.5 Å². The Bertz CT molecular complexity index is 276. The highest BCUT2D eigenvalue weighted by atomic mass is 16.5. The van der Waals surface area contributed by atoms with Crippen molar-refractivity contribution in [1.82, 2.24) is 5.32 Å². The lowest BCUT2D eigenvalue weighted by Gasteiger charge is -2.28. The number of β-amino-alcohol motifs (C(OH)–C–C–N with tert-alkyl or cyclic N) is 1. The summed E-state index contributed by atoms with van der Waals surface area (Å²) in [6, 6.07) is 9.64. The fraction of sp³-hybridized carbons (Fsp3) is 0.455. The first-order valence-corrected chi connectivity index (χ1v) is 4.97. The number of benzene rings is 1. The zero-order valence-electron chi connectivity index (χ0n) is 8.02. The van der Waals surface area contributed by atoms with Crippen LogP contribution in [0.3, 0.4) is 0 Å². The fourth-order valence-electron chi connectivity index (χ4n) is 1.63. The van der Waals surface area contributed by atoms with Crippen LogP contribution in [-0.4, -0.2) is 30.4 Å². The SMILES string of the molecule is OC1CNCC[C@@H]1Oc1ccccc1. The van der Waals surface area contributed by atoms with Crippen molar-refractivity contribution in [3.8, 4) is 5.75 Å². The van der Waals surface area contributed by atoms with Gasteiger partial charge in [0.25, 0.3) is 0 Å². The van der Waals surface area contributed by atoms with Crippen LogP contribution in [0.5, 0.6) is 5.75 Å². The van der Waals surface area contributed by atoms with Crippen molar-refractivity contribution in [2.75, 3.05) is 13.1 Å². The van der Waals surface area contributed by atoms with E-state index in [4.69, 9.17) is 4.74 Å². The Kier molecular flexibility index (Phi) is 3.01. The van der Waals surface area contributed by atoms with Gasteiger partial charge in [-0.2, -0.15) is 0 Å². The van der Waals surface area contributed by atoms with Crippen molar-refractivity contribution in [1.29, 1.82) is 0 Å². The van der Waals surface area contributed by atoms with Gasteiger partial charge in [0, 0.05) is 6.54 Å². The summed E-state index contributed by atoms with van der Waals surface area (Å²) in [4.78, 5) is 0. The molecule has 2 rings (SSSR count). The van der Waals surface area contributed by atoms with Crippen LogP contribution in [0.25, 0.3) is 0 Å². The summed E-state index contributed by atoms with van der Waals surface area (Å²) in [6.07, 6.45) is 0.387. The summed E-state index contributed by atoms with van der Waals surface area (Å²) in [7, 11) is 0. The van der Waals surface area contributed by atoms with Crippen LogP contribution in [0.2, 0.25) is 0 Å². The van der Waals surface area contributed by atoms with Gasteiger partial charge >= 0.3 is 0 Å². The van der Waals surface area contributed by atoms with Crippen molar-refractivity contribution < 1.29 is 9.84 Å². The third-order valence-electron chi connectivity index (χ3n) is 2.42. The molecule has 1 aromatic carbocycles. The van der Waals surface area contributed by atoms with Crippen LogP contribution >= 0.6 is 0 Å². The maximum absolute atomic E-state index is 9.64. The minimum atomic E-state index is -0.399. The highest BCUT2D eigenvalue weighted by Crippen LogP contribution is 2.15. The van der Waals surface area contributed by atoms with E-state index in [0.717, 1.165) is 18.7 Å². The molecule has 0 bridgehead atoms. The van der Waals surface area contributed by atoms with Crippen molar-refractivity contribution >= 4 is 0 Å². The molecule has 2 atom stereocenters. The molecule has 2 N–H and O–H groups in total. The fourth-order valence-corrected chi connectivity index (χ4v) is 1.63. The van der Waals surface area contributed by atoms with E-state index in [0.29, 0.717) is 6.54 Å². The number of para-hydroxylation sites is 1. The van der Waals surface area contributed by atoms with Gasteiger partial charge in [-0.1, -0.05) is 18.2 Å². The van der Waals surface area contributed by atoms with E-state index >= 15 is 0 Å². The van der Waals surface area contributed by atoms with Gasteiger partial charge < -0.3 is 15.2 Å². The predicted molar refractivity (Wildman–Crippen MR) is 54.4 cm³/mol. The van der Waals surface area contributed by atoms with Crippen LogP contribution < -0.4 is 10.1 Å². The van der Waals surface area contributed by atoms with E-state index in [1.807, 2.05) is 30.3 Å². The first kappa shape index (κ1) is 9.49. The molecule has 3 nitrogen and oxygen atoms in total. The second kappa shape index (κ2) is 4.44. The summed E-state index contributed by atoms with van der Waals surface area (Å²) in [5, 5.41) is 12.8. The van der Waals surface area contributed by atoms with E-state index in [9.17, 15) is 5.11 Å². The number of nitrogens with one attached hydrogen (secondary N) is 1. The number of ether oxygens (including phenoxy) is 1. The zero-order valence-corrected chi connectivity index (χ0v) is 8.02. The highest BCUT2D eigenvalue weighted by Gasteiger charge is 2.24. The van der Waals surface area contributed by atoms with Gasteiger partial charge in [0.2, 0.25) is 0 Å². The summed E-state index contributed by atoms with van der Waals surface area (Å²) < 4.78 is 5.68. The molecule has 0 aromatic heterocycles. The largest absolute Gasteiger partial charge is 0.488 e. The van der Waals surface area contributed by atoms with Crippen LogP contribution in [0.4, 0.5) is 0 Å². The third-order valence-corrected chi connectivity index (χ3v) is 2.42. The molecule has 1 unspecified atom stereocenters. The molecule has 0 spiro atoms. The van der Waals surface area contributed by atoms with Gasteiger partial charge in [0.1, 0.15) is 18.0 Å². The Labute approximate surface area is 83.7 Å². The number of aliphatic hydroxyl groups excluding tert-OH is 1. The smallest absolute Gasteiger partial charge is 0.127 e. The molecule has 1 heterocycles. The number of rotatable bonds is 2. The molecular weight excluding hydrogens is 178 g/mol. The molecule has 0 amide bonds. The summed E-state index contributed by atoms with van der Waals surface area (Å²) in [5.41, 5.74) is 0. The highest BCUT2D eigenvalue weighted by molar-refractivity contribution is 5.21. The predicted octanol–water partition coefficient (Wildman–Crippen LogP) is 0.788. The second-order valence-corrected chi connectivity index (χ2v) is 3.53. The molecule has 14 heavy (non-hydrogen) atoms. The second-order valence-electron chi connectivity index (χ2n) is 3.53. The van der Waals surface area contributed by atoms with Gasteiger partial charge in [0.05, 0.1) is 0 Å². The van der Waals surface area contributed by atoms with Crippen molar-refractivity contribution in [3.63, 3.8) is 0 Å². The molecule has 0 saturated carbocycles. The lowest BCUT2D eigenvalue weighted by Crippen LogP contribution is -2.46. The molecule has 3 heteroatoms. The normalized spacial score (nSPS) is 27.2.